The van der Waals surface area contributed by atoms with Gasteiger partial charge in [-0.05, 0) is 38.1 Å². The Morgan fingerprint density at radius 2 is 1.78 bits per heavy atom. The van der Waals surface area contributed by atoms with Crippen molar-refractivity contribution in [3.63, 3.8) is 0 Å². The van der Waals surface area contributed by atoms with E-state index in [4.69, 9.17) is 9.15 Å². The summed E-state index contributed by atoms with van der Waals surface area (Å²) in [4.78, 5) is 2.49. The van der Waals surface area contributed by atoms with Gasteiger partial charge in [0.1, 0.15) is 11.5 Å². The molecule has 23 heavy (non-hydrogen) atoms. The molecule has 2 aromatic rings. The van der Waals surface area contributed by atoms with Crippen LogP contribution in [0.5, 0.6) is 0 Å². The van der Waals surface area contributed by atoms with Crippen molar-refractivity contribution in [2.45, 2.75) is 19.4 Å². The van der Waals surface area contributed by atoms with Crippen molar-refractivity contribution in [1.29, 1.82) is 0 Å². The molecule has 0 radical (unpaired) electrons. The Balaban J connectivity index is 1.31. The minimum absolute atomic E-state index is 0.796. The second-order valence-corrected chi connectivity index (χ2v) is 5.97. The van der Waals surface area contributed by atoms with Crippen molar-refractivity contribution < 1.29 is 9.15 Å². The highest BCUT2D eigenvalue weighted by atomic mass is 16.5. The van der Waals surface area contributed by atoms with Crippen molar-refractivity contribution in [2.24, 2.45) is 0 Å². The molecule has 0 bridgehead atoms. The Bertz CT molecular complexity index is 562. The number of unbranched alkanes of at least 4 members (excludes halogenated alkanes) is 1. The minimum Gasteiger partial charge on any atom is -0.460 e. The van der Waals surface area contributed by atoms with E-state index in [9.17, 15) is 0 Å². The molecule has 124 valence electrons. The van der Waals surface area contributed by atoms with Gasteiger partial charge in [-0.3, -0.25) is 4.90 Å². The van der Waals surface area contributed by atoms with Crippen LogP contribution in [0.4, 0.5) is 0 Å². The molecule has 1 fully saturated rings. The van der Waals surface area contributed by atoms with Gasteiger partial charge in [0, 0.05) is 18.7 Å². The molecule has 0 spiro atoms. The summed E-state index contributed by atoms with van der Waals surface area (Å²) >= 11 is 0. The van der Waals surface area contributed by atoms with Crippen molar-refractivity contribution in [1.82, 2.24) is 10.2 Å². The van der Waals surface area contributed by atoms with E-state index in [2.05, 4.69) is 28.4 Å². The predicted molar refractivity (Wildman–Crippen MR) is 92.3 cm³/mol. The SMILES string of the molecule is c1ccc(-c2ccc(CNCCCCN3CCOCC3)o2)cc1. The quantitative estimate of drug-likeness (QED) is 0.760. The molecule has 2 heterocycles. The fraction of sp³-hybridized carbons (Fsp3) is 0.474. The van der Waals surface area contributed by atoms with Crippen LogP contribution in [0.15, 0.2) is 46.9 Å². The van der Waals surface area contributed by atoms with E-state index in [1.54, 1.807) is 0 Å². The van der Waals surface area contributed by atoms with Gasteiger partial charge < -0.3 is 14.5 Å². The van der Waals surface area contributed by atoms with Gasteiger partial charge in [0.2, 0.25) is 0 Å². The van der Waals surface area contributed by atoms with Gasteiger partial charge in [-0.25, -0.2) is 0 Å². The number of nitrogens with zero attached hydrogens (tertiary/aromatic N) is 1. The zero-order valence-corrected chi connectivity index (χ0v) is 13.7. The Morgan fingerprint density at radius 1 is 0.957 bits per heavy atom. The first-order chi connectivity index (χ1) is 11.4. The van der Waals surface area contributed by atoms with Gasteiger partial charge in [-0.15, -0.1) is 0 Å². The van der Waals surface area contributed by atoms with Crippen LogP contribution in [0, 0.1) is 0 Å². The number of rotatable bonds is 8. The van der Waals surface area contributed by atoms with Crippen LogP contribution in [-0.4, -0.2) is 44.3 Å². The smallest absolute Gasteiger partial charge is 0.134 e. The van der Waals surface area contributed by atoms with Gasteiger partial charge in [0.15, 0.2) is 0 Å². The molecule has 1 N–H and O–H groups in total. The third-order valence-electron chi connectivity index (χ3n) is 4.20. The summed E-state index contributed by atoms with van der Waals surface area (Å²) < 4.78 is 11.2. The van der Waals surface area contributed by atoms with Gasteiger partial charge in [0.05, 0.1) is 19.8 Å². The number of hydrogen-bond acceptors (Lipinski definition) is 4. The van der Waals surface area contributed by atoms with Crippen molar-refractivity contribution in [3.05, 3.63) is 48.2 Å². The van der Waals surface area contributed by atoms with Crippen LogP contribution in [0.3, 0.4) is 0 Å². The molecule has 0 amide bonds. The highest BCUT2D eigenvalue weighted by molar-refractivity contribution is 5.57. The first kappa shape index (κ1) is 16.2. The summed E-state index contributed by atoms with van der Waals surface area (Å²) in [6, 6.07) is 14.3. The van der Waals surface area contributed by atoms with Gasteiger partial charge in [-0.1, -0.05) is 30.3 Å². The molecule has 4 nitrogen and oxygen atoms in total. The molecular formula is C19H26N2O2. The summed E-state index contributed by atoms with van der Waals surface area (Å²) in [7, 11) is 0. The van der Waals surface area contributed by atoms with E-state index in [1.807, 2.05) is 24.3 Å². The molecule has 3 rings (SSSR count). The van der Waals surface area contributed by atoms with E-state index in [-0.39, 0.29) is 0 Å². The molecule has 0 saturated carbocycles. The molecule has 0 aliphatic carbocycles. The number of furan rings is 1. The monoisotopic (exact) mass is 314 g/mol. The van der Waals surface area contributed by atoms with E-state index in [0.717, 1.165) is 56.5 Å². The zero-order chi connectivity index (χ0) is 15.7. The maximum atomic E-state index is 5.89. The largest absolute Gasteiger partial charge is 0.460 e. The predicted octanol–water partition coefficient (Wildman–Crippen LogP) is 3.15. The molecule has 1 aromatic heterocycles. The van der Waals surface area contributed by atoms with Crippen LogP contribution in [0.2, 0.25) is 0 Å². The normalized spacial score (nSPS) is 15.8. The average Bonchev–Trinajstić information content (AvgIpc) is 3.09. The molecule has 1 saturated heterocycles. The second kappa shape index (κ2) is 8.87. The zero-order valence-electron chi connectivity index (χ0n) is 13.7. The fourth-order valence-electron chi connectivity index (χ4n) is 2.85. The van der Waals surface area contributed by atoms with E-state index in [1.165, 1.54) is 19.4 Å². The molecule has 0 atom stereocenters. The number of hydrogen-bond donors (Lipinski definition) is 1. The van der Waals surface area contributed by atoms with Crippen molar-refractivity contribution >= 4 is 0 Å². The maximum Gasteiger partial charge on any atom is 0.134 e. The lowest BCUT2D eigenvalue weighted by molar-refractivity contribution is 0.0372. The summed E-state index contributed by atoms with van der Waals surface area (Å²) in [5, 5.41) is 3.47. The second-order valence-electron chi connectivity index (χ2n) is 5.97. The summed E-state index contributed by atoms with van der Waals surface area (Å²) in [6.07, 6.45) is 2.43. The molecule has 0 unspecified atom stereocenters. The Hall–Kier alpha value is -1.62. The standard InChI is InChI=1S/C19H26N2O2/c1-2-6-17(7-3-1)19-9-8-18(23-19)16-20-10-4-5-11-21-12-14-22-15-13-21/h1-3,6-9,20H,4-5,10-16H2. The summed E-state index contributed by atoms with van der Waals surface area (Å²) in [5.41, 5.74) is 1.13. The first-order valence-corrected chi connectivity index (χ1v) is 8.57. The molecular weight excluding hydrogens is 288 g/mol. The lowest BCUT2D eigenvalue weighted by Gasteiger charge is -2.26. The van der Waals surface area contributed by atoms with Crippen LogP contribution in [0.1, 0.15) is 18.6 Å². The lowest BCUT2D eigenvalue weighted by Crippen LogP contribution is -2.37. The number of benzene rings is 1. The number of nitrogens with one attached hydrogen (secondary N) is 1. The van der Waals surface area contributed by atoms with Gasteiger partial charge in [0.25, 0.3) is 0 Å². The highest BCUT2D eigenvalue weighted by Gasteiger charge is 2.09. The van der Waals surface area contributed by atoms with Gasteiger partial charge >= 0.3 is 0 Å². The van der Waals surface area contributed by atoms with Crippen LogP contribution >= 0.6 is 0 Å². The van der Waals surface area contributed by atoms with Crippen molar-refractivity contribution in [2.75, 3.05) is 39.4 Å². The lowest BCUT2D eigenvalue weighted by atomic mass is 10.2. The molecule has 1 aliphatic rings. The van der Waals surface area contributed by atoms with Crippen LogP contribution in [0.25, 0.3) is 11.3 Å². The highest BCUT2D eigenvalue weighted by Crippen LogP contribution is 2.21. The Morgan fingerprint density at radius 3 is 2.61 bits per heavy atom. The van der Waals surface area contributed by atoms with E-state index < -0.39 is 0 Å². The third-order valence-corrected chi connectivity index (χ3v) is 4.20. The molecule has 1 aromatic carbocycles. The Kier molecular flexibility index (Phi) is 6.26. The van der Waals surface area contributed by atoms with Crippen molar-refractivity contribution in [3.8, 4) is 11.3 Å². The topological polar surface area (TPSA) is 37.6 Å². The van der Waals surface area contributed by atoms with E-state index in [0.29, 0.717) is 0 Å². The first-order valence-electron chi connectivity index (χ1n) is 8.57. The molecule has 4 heteroatoms. The van der Waals surface area contributed by atoms with Crippen LogP contribution < -0.4 is 5.32 Å². The maximum absolute atomic E-state index is 5.89. The third kappa shape index (κ3) is 5.20. The summed E-state index contributed by atoms with van der Waals surface area (Å²) in [6.45, 7) is 6.96. The average molecular weight is 314 g/mol. The molecule has 1 aliphatic heterocycles. The van der Waals surface area contributed by atoms with Gasteiger partial charge in [-0.2, -0.15) is 0 Å². The minimum atomic E-state index is 0.796. The number of morpholine rings is 1. The fourth-order valence-corrected chi connectivity index (χ4v) is 2.85. The van der Waals surface area contributed by atoms with E-state index >= 15 is 0 Å². The summed E-state index contributed by atoms with van der Waals surface area (Å²) in [5.74, 6) is 1.94. The number of ether oxygens (including phenoxy) is 1. The van der Waals surface area contributed by atoms with Crippen LogP contribution in [-0.2, 0) is 11.3 Å². The Labute approximate surface area is 138 Å².